The second-order valence-corrected chi connectivity index (χ2v) is 9.91. The molecule has 0 fully saturated rings. The van der Waals surface area contributed by atoms with Gasteiger partial charge in [0.25, 0.3) is 5.91 Å². The van der Waals surface area contributed by atoms with Crippen molar-refractivity contribution in [3.63, 3.8) is 0 Å². The zero-order valence-electron chi connectivity index (χ0n) is 18.5. The van der Waals surface area contributed by atoms with Crippen molar-refractivity contribution in [2.45, 2.75) is 16.2 Å². The van der Waals surface area contributed by atoms with Crippen LogP contribution in [-0.4, -0.2) is 17.5 Å². The minimum absolute atomic E-state index is 0.182. The Balaban J connectivity index is 1.40. The molecule has 7 heteroatoms. The van der Waals surface area contributed by atoms with E-state index in [0.717, 1.165) is 36.7 Å². The highest BCUT2D eigenvalue weighted by Gasteiger charge is 2.20. The van der Waals surface area contributed by atoms with E-state index in [4.69, 9.17) is 4.99 Å². The fourth-order valence-electron chi connectivity index (χ4n) is 3.73. The minimum Gasteiger partial charge on any atom is -0.273 e. The molecular weight excluding hydrogens is 522 g/mol. The van der Waals surface area contributed by atoms with Gasteiger partial charge >= 0.3 is 0 Å². The zero-order chi connectivity index (χ0) is 24.2. The van der Waals surface area contributed by atoms with Crippen LogP contribution >= 0.6 is 27.7 Å². The summed E-state index contributed by atoms with van der Waals surface area (Å²) in [7, 11) is 0. The average Bonchev–Trinajstić information content (AvgIpc) is 3.05. The lowest BCUT2D eigenvalue weighted by Gasteiger charge is -2.09. The quantitative estimate of drug-likeness (QED) is 0.270. The molecule has 0 atom stereocenters. The third-order valence-corrected chi connectivity index (χ3v) is 7.13. The van der Waals surface area contributed by atoms with Crippen LogP contribution in [0.15, 0.2) is 116 Å². The highest BCUT2D eigenvalue weighted by molar-refractivity contribution is 9.10. The van der Waals surface area contributed by atoms with Gasteiger partial charge in [0.15, 0.2) is 0 Å². The summed E-state index contributed by atoms with van der Waals surface area (Å²) in [5, 5.41) is 0. The topological polar surface area (TPSA) is 70.6 Å². The number of nitrogens with zero attached hydrogens (tertiary/aromatic N) is 1. The molecule has 1 heterocycles. The Kier molecular flexibility index (Phi) is 6.79. The minimum atomic E-state index is -0.402. The van der Waals surface area contributed by atoms with Gasteiger partial charge in [-0.2, -0.15) is 0 Å². The SMILES string of the molecule is O=C(Cc1ccccc1)NNC(=O)c1ccc2c(c1)N=C(c1ccc(Br)cc1)c1ccccc1S2. The van der Waals surface area contributed by atoms with E-state index in [-0.39, 0.29) is 12.3 Å². The van der Waals surface area contributed by atoms with Gasteiger partial charge in [-0.15, -0.1) is 0 Å². The first-order chi connectivity index (χ1) is 17.1. The van der Waals surface area contributed by atoms with Crippen LogP contribution < -0.4 is 10.9 Å². The first-order valence-corrected chi connectivity index (χ1v) is 12.6. The normalized spacial score (nSPS) is 12.0. The molecule has 172 valence electrons. The Morgan fingerprint density at radius 1 is 0.800 bits per heavy atom. The third-order valence-electron chi connectivity index (χ3n) is 5.46. The molecule has 1 aliphatic rings. The lowest BCUT2D eigenvalue weighted by atomic mass is 10.0. The van der Waals surface area contributed by atoms with Gasteiger partial charge in [-0.1, -0.05) is 88.4 Å². The molecule has 2 amide bonds. The molecule has 0 bridgehead atoms. The van der Waals surface area contributed by atoms with Gasteiger partial charge in [-0.3, -0.25) is 20.4 Å². The molecule has 5 rings (SSSR count). The monoisotopic (exact) mass is 541 g/mol. The van der Waals surface area contributed by atoms with Gasteiger partial charge in [0.05, 0.1) is 17.8 Å². The summed E-state index contributed by atoms with van der Waals surface area (Å²) >= 11 is 5.11. The Bertz CT molecular complexity index is 1440. The summed E-state index contributed by atoms with van der Waals surface area (Å²) in [6.07, 6.45) is 0.182. The zero-order valence-corrected chi connectivity index (χ0v) is 20.9. The van der Waals surface area contributed by atoms with E-state index in [2.05, 4.69) is 38.9 Å². The van der Waals surface area contributed by atoms with Crippen molar-refractivity contribution >= 4 is 50.9 Å². The maximum absolute atomic E-state index is 12.8. The van der Waals surface area contributed by atoms with Gasteiger partial charge < -0.3 is 0 Å². The van der Waals surface area contributed by atoms with Crippen molar-refractivity contribution in [2.75, 3.05) is 0 Å². The number of hydrogen-bond acceptors (Lipinski definition) is 4. The molecule has 0 aliphatic carbocycles. The average molecular weight is 542 g/mol. The molecule has 5 nitrogen and oxygen atoms in total. The molecule has 2 N–H and O–H groups in total. The van der Waals surface area contributed by atoms with Crippen LogP contribution in [0.1, 0.15) is 27.0 Å². The van der Waals surface area contributed by atoms with E-state index in [1.54, 1.807) is 23.9 Å². The summed E-state index contributed by atoms with van der Waals surface area (Å²) in [5.74, 6) is -0.692. The molecule has 0 unspecified atom stereocenters. The van der Waals surface area contributed by atoms with E-state index in [1.165, 1.54) is 0 Å². The summed E-state index contributed by atoms with van der Waals surface area (Å²) < 4.78 is 0.992. The van der Waals surface area contributed by atoms with E-state index in [0.29, 0.717) is 11.3 Å². The molecule has 4 aromatic rings. The number of halogens is 1. The fourth-order valence-corrected chi connectivity index (χ4v) is 5.00. The van der Waals surface area contributed by atoms with Crippen molar-refractivity contribution < 1.29 is 9.59 Å². The highest BCUT2D eigenvalue weighted by Crippen LogP contribution is 2.41. The van der Waals surface area contributed by atoms with Gasteiger partial charge in [0, 0.05) is 31.0 Å². The second kappa shape index (κ2) is 10.3. The first-order valence-electron chi connectivity index (χ1n) is 11.0. The molecular formula is C28H20BrN3O2S. The number of amides is 2. The Labute approximate surface area is 215 Å². The number of rotatable bonds is 4. The Morgan fingerprint density at radius 3 is 2.34 bits per heavy atom. The predicted octanol–water partition coefficient (Wildman–Crippen LogP) is 6.09. The van der Waals surface area contributed by atoms with E-state index < -0.39 is 5.91 Å². The van der Waals surface area contributed by atoms with Gasteiger partial charge in [0.2, 0.25) is 5.91 Å². The van der Waals surface area contributed by atoms with Crippen LogP contribution in [0.3, 0.4) is 0 Å². The summed E-state index contributed by atoms with van der Waals surface area (Å²) in [6.45, 7) is 0. The molecule has 4 aromatic carbocycles. The van der Waals surface area contributed by atoms with E-state index in [9.17, 15) is 9.59 Å². The molecule has 1 aliphatic heterocycles. The molecule has 35 heavy (non-hydrogen) atoms. The van der Waals surface area contributed by atoms with Gasteiger partial charge in [0.1, 0.15) is 0 Å². The highest BCUT2D eigenvalue weighted by atomic mass is 79.9. The van der Waals surface area contributed by atoms with Gasteiger partial charge in [-0.25, -0.2) is 4.99 Å². The van der Waals surface area contributed by atoms with Crippen LogP contribution in [0.5, 0.6) is 0 Å². The van der Waals surface area contributed by atoms with Crippen molar-refractivity contribution in [3.8, 4) is 0 Å². The third kappa shape index (κ3) is 5.37. The number of carbonyl (C=O) groups is 2. The van der Waals surface area contributed by atoms with Crippen LogP contribution in [0, 0.1) is 0 Å². The second-order valence-electron chi connectivity index (χ2n) is 7.91. The number of fused-ring (bicyclic) bond motifs is 2. The molecule has 0 radical (unpaired) electrons. The summed E-state index contributed by atoms with van der Waals surface area (Å²) in [6, 6.07) is 30.9. The number of carbonyl (C=O) groups excluding carboxylic acids is 2. The van der Waals surface area contributed by atoms with Crippen LogP contribution in [0.25, 0.3) is 0 Å². The lowest BCUT2D eigenvalue weighted by Crippen LogP contribution is -2.42. The predicted molar refractivity (Wildman–Crippen MR) is 142 cm³/mol. The standard InChI is InChI=1S/C28H20BrN3O2S/c29-21-13-10-19(11-14-21)27-22-8-4-5-9-24(22)35-25-15-12-20(17-23(25)30-27)28(34)32-31-26(33)16-18-6-2-1-3-7-18/h1-15,17H,16H2,(H,31,33)(H,32,34). The van der Waals surface area contributed by atoms with Crippen molar-refractivity contribution in [2.24, 2.45) is 4.99 Å². The summed E-state index contributed by atoms with van der Waals surface area (Å²) in [5.41, 5.74) is 9.85. The Morgan fingerprint density at radius 2 is 1.54 bits per heavy atom. The van der Waals surface area contributed by atoms with Crippen LogP contribution in [0.2, 0.25) is 0 Å². The van der Waals surface area contributed by atoms with Gasteiger partial charge in [-0.05, 0) is 42.0 Å². The fraction of sp³-hybridized carbons (Fsp3) is 0.0357. The Hall–Kier alpha value is -3.68. The van der Waals surface area contributed by atoms with Crippen LogP contribution in [0.4, 0.5) is 5.69 Å². The first kappa shape index (κ1) is 23.1. The smallest absolute Gasteiger partial charge is 0.269 e. The summed E-state index contributed by atoms with van der Waals surface area (Å²) in [4.78, 5) is 32.1. The largest absolute Gasteiger partial charge is 0.273 e. The molecule has 0 aromatic heterocycles. The van der Waals surface area contributed by atoms with Crippen LogP contribution in [-0.2, 0) is 11.2 Å². The molecule has 0 spiro atoms. The van der Waals surface area contributed by atoms with E-state index >= 15 is 0 Å². The lowest BCUT2D eigenvalue weighted by molar-refractivity contribution is -0.121. The maximum Gasteiger partial charge on any atom is 0.269 e. The maximum atomic E-state index is 12.8. The number of aliphatic imine (C=N–C) groups is 1. The number of nitrogens with one attached hydrogen (secondary N) is 2. The van der Waals surface area contributed by atoms with E-state index in [1.807, 2.05) is 72.8 Å². The van der Waals surface area contributed by atoms with Crippen molar-refractivity contribution in [3.05, 3.63) is 124 Å². The van der Waals surface area contributed by atoms with Crippen molar-refractivity contribution in [1.82, 2.24) is 10.9 Å². The molecule has 0 saturated heterocycles. The van der Waals surface area contributed by atoms with Crippen molar-refractivity contribution in [1.29, 1.82) is 0 Å². The molecule has 0 saturated carbocycles. The number of benzene rings is 4. The number of hydrazine groups is 1. The number of hydrogen-bond donors (Lipinski definition) is 2.